The van der Waals surface area contributed by atoms with Crippen molar-refractivity contribution in [3.05, 3.63) is 0 Å². The fraction of sp³-hybridized carbons (Fsp3) is 0.917. The lowest BCUT2D eigenvalue weighted by molar-refractivity contribution is -0.416. The third-order valence-corrected chi connectivity index (χ3v) is 8.77. The zero-order valence-electron chi connectivity index (χ0n) is 9.56. The number of ether oxygens (including phenoxy) is 2. The molecule has 5 nitrogen and oxygen atoms in total. The molecular formula is C12H13BrN2O3. The highest BCUT2D eigenvalue weighted by molar-refractivity contribution is 9.10. The molecule has 4 unspecified atom stereocenters. The largest absolute Gasteiger partial charge is 0.346 e. The first-order valence-electron chi connectivity index (χ1n) is 6.65. The lowest BCUT2D eigenvalue weighted by Gasteiger charge is -2.90. The molecule has 0 aromatic carbocycles. The van der Waals surface area contributed by atoms with Crippen LogP contribution in [0, 0.1) is 40.9 Å². The van der Waals surface area contributed by atoms with Gasteiger partial charge in [0, 0.05) is 5.92 Å². The SMILES string of the molecule is NNC(=O)C12C3[C@@H]4[C@H]1C1[C@H]2[C@@H]3C4(Br)C12OCCO2. The summed E-state index contributed by atoms with van der Waals surface area (Å²) in [5, 5.41) is 0. The van der Waals surface area contributed by atoms with E-state index in [4.69, 9.17) is 15.3 Å². The molecule has 6 heteroatoms. The number of rotatable bonds is 1. The van der Waals surface area contributed by atoms with Gasteiger partial charge >= 0.3 is 0 Å². The number of halogens is 1. The standard InChI is InChI=1S/C12H13BrN2O3/c13-11-6-3-7(11)5-8(12(11)17-1-2-18-12)4(6)10(3,5)9(16)15-14/h3-8H,1-2,14H2,(H,15,16)/t3?,4-,5+,6-,7-,8?,10?,11?/m1/s1. The summed E-state index contributed by atoms with van der Waals surface area (Å²) < 4.78 is 12.1. The Hall–Kier alpha value is -0.170. The van der Waals surface area contributed by atoms with E-state index in [1.807, 2.05) is 0 Å². The summed E-state index contributed by atoms with van der Waals surface area (Å²) >= 11 is 3.96. The predicted octanol–water partition coefficient (Wildman–Crippen LogP) is -0.395. The van der Waals surface area contributed by atoms with E-state index in [2.05, 4.69) is 21.4 Å². The van der Waals surface area contributed by atoms with Crippen molar-refractivity contribution in [2.24, 2.45) is 46.8 Å². The summed E-state index contributed by atoms with van der Waals surface area (Å²) in [6, 6.07) is 0. The predicted molar refractivity (Wildman–Crippen MR) is 62.0 cm³/mol. The third kappa shape index (κ3) is 0.473. The minimum atomic E-state index is -0.428. The molecule has 7 fully saturated rings. The quantitative estimate of drug-likeness (QED) is 0.299. The van der Waals surface area contributed by atoms with E-state index in [0.717, 1.165) is 0 Å². The molecule has 1 amide bonds. The van der Waals surface area contributed by atoms with Crippen LogP contribution in [0.25, 0.3) is 0 Å². The number of hydrogen-bond acceptors (Lipinski definition) is 4. The Labute approximate surface area is 112 Å². The van der Waals surface area contributed by atoms with Crippen LogP contribution in [0.2, 0.25) is 0 Å². The van der Waals surface area contributed by atoms with Gasteiger partial charge in [-0.3, -0.25) is 10.2 Å². The fourth-order valence-electron chi connectivity index (χ4n) is 7.20. The maximum absolute atomic E-state index is 12.1. The van der Waals surface area contributed by atoms with Crippen LogP contribution in [0.5, 0.6) is 0 Å². The van der Waals surface area contributed by atoms with E-state index in [0.29, 0.717) is 48.7 Å². The van der Waals surface area contributed by atoms with Gasteiger partial charge < -0.3 is 9.47 Å². The molecule has 7 aliphatic rings. The van der Waals surface area contributed by atoms with Gasteiger partial charge in [-0.2, -0.15) is 0 Å². The molecule has 18 heavy (non-hydrogen) atoms. The van der Waals surface area contributed by atoms with E-state index in [1.165, 1.54) is 0 Å². The summed E-state index contributed by atoms with van der Waals surface area (Å²) in [4.78, 5) is 12.1. The molecule has 0 aromatic rings. The summed E-state index contributed by atoms with van der Waals surface area (Å²) in [5.74, 6) is 7.92. The normalized spacial score (nSPS) is 69.9. The lowest BCUT2D eigenvalue weighted by Crippen LogP contribution is -2.94. The van der Waals surface area contributed by atoms with Crippen molar-refractivity contribution in [2.45, 2.75) is 10.1 Å². The highest BCUT2D eigenvalue weighted by Crippen LogP contribution is 3.04. The van der Waals surface area contributed by atoms with Gasteiger partial charge in [-0.05, 0) is 29.6 Å². The van der Waals surface area contributed by atoms with E-state index in [1.54, 1.807) is 0 Å². The molecular weight excluding hydrogens is 300 g/mol. The summed E-state index contributed by atoms with van der Waals surface area (Å²) in [5.41, 5.74) is 2.24. The first kappa shape index (κ1) is 9.69. The Kier molecular flexibility index (Phi) is 1.18. The molecule has 8 atom stereocenters. The van der Waals surface area contributed by atoms with Gasteiger partial charge in [0.15, 0.2) is 5.79 Å². The summed E-state index contributed by atoms with van der Waals surface area (Å²) in [6.07, 6.45) is 0. The van der Waals surface area contributed by atoms with E-state index < -0.39 is 5.79 Å². The first-order chi connectivity index (χ1) is 8.67. The van der Waals surface area contributed by atoms with Crippen LogP contribution in [0.15, 0.2) is 0 Å². The van der Waals surface area contributed by atoms with Crippen LogP contribution in [0.3, 0.4) is 0 Å². The second kappa shape index (κ2) is 2.20. The molecule has 1 spiro atoms. The molecule has 6 aliphatic carbocycles. The van der Waals surface area contributed by atoms with Crippen LogP contribution in [-0.2, 0) is 14.3 Å². The zero-order valence-corrected chi connectivity index (χ0v) is 11.1. The first-order valence-corrected chi connectivity index (χ1v) is 7.44. The van der Waals surface area contributed by atoms with Crippen LogP contribution in [0.1, 0.15) is 0 Å². The van der Waals surface area contributed by atoms with Crippen molar-refractivity contribution in [1.82, 2.24) is 5.43 Å². The maximum atomic E-state index is 12.1. The highest BCUT2D eigenvalue weighted by atomic mass is 79.9. The molecule has 6 saturated carbocycles. The van der Waals surface area contributed by atoms with Gasteiger partial charge in [-0.1, -0.05) is 15.9 Å². The number of carbonyl (C=O) groups is 1. The molecule has 96 valence electrons. The van der Waals surface area contributed by atoms with Crippen LogP contribution in [-0.4, -0.2) is 29.2 Å². The number of nitrogens with two attached hydrogens (primary N) is 1. The minimum Gasteiger partial charge on any atom is -0.346 e. The van der Waals surface area contributed by atoms with E-state index in [-0.39, 0.29) is 15.6 Å². The van der Waals surface area contributed by atoms with Gasteiger partial charge in [0.25, 0.3) is 0 Å². The summed E-state index contributed by atoms with van der Waals surface area (Å²) in [6.45, 7) is 1.37. The second-order valence-electron chi connectivity index (χ2n) is 6.69. The Bertz CT molecular complexity index is 511. The van der Waals surface area contributed by atoms with Crippen LogP contribution in [0.4, 0.5) is 0 Å². The number of amides is 1. The number of carbonyl (C=O) groups excluding carboxylic acids is 1. The molecule has 0 radical (unpaired) electrons. The van der Waals surface area contributed by atoms with Gasteiger partial charge in [0.1, 0.15) is 0 Å². The van der Waals surface area contributed by atoms with Gasteiger partial charge in [-0.25, -0.2) is 5.84 Å². The van der Waals surface area contributed by atoms with E-state index in [9.17, 15) is 4.79 Å². The van der Waals surface area contributed by atoms with E-state index >= 15 is 0 Å². The number of nitrogens with one attached hydrogen (secondary N) is 1. The topological polar surface area (TPSA) is 73.6 Å². The van der Waals surface area contributed by atoms with Crippen LogP contribution < -0.4 is 11.3 Å². The lowest BCUT2D eigenvalue weighted by atomic mass is 9.13. The van der Waals surface area contributed by atoms with Crippen molar-refractivity contribution >= 4 is 21.8 Å². The average Bonchev–Trinajstić information content (AvgIpc) is 2.89. The Morgan fingerprint density at radius 2 is 1.67 bits per heavy atom. The van der Waals surface area contributed by atoms with Crippen LogP contribution >= 0.6 is 15.9 Å². The van der Waals surface area contributed by atoms with Crippen molar-refractivity contribution in [1.29, 1.82) is 0 Å². The van der Waals surface area contributed by atoms with Crippen molar-refractivity contribution in [2.75, 3.05) is 13.2 Å². The molecule has 0 aromatic heterocycles. The molecule has 1 saturated heterocycles. The highest BCUT2D eigenvalue weighted by Gasteiger charge is 3.10. The fourth-order valence-corrected chi connectivity index (χ4v) is 8.83. The molecule has 1 aliphatic heterocycles. The smallest absolute Gasteiger partial charge is 0.241 e. The Morgan fingerprint density at radius 1 is 1.11 bits per heavy atom. The van der Waals surface area contributed by atoms with Crippen molar-refractivity contribution in [3.8, 4) is 0 Å². The summed E-state index contributed by atoms with van der Waals surface area (Å²) in [7, 11) is 0. The Balaban J connectivity index is 1.53. The van der Waals surface area contributed by atoms with Crippen molar-refractivity contribution < 1.29 is 14.3 Å². The zero-order chi connectivity index (χ0) is 12.1. The average molecular weight is 313 g/mol. The molecule has 3 N–H and O–H groups in total. The number of hydrogen-bond donors (Lipinski definition) is 2. The number of hydrazine groups is 1. The van der Waals surface area contributed by atoms with Crippen molar-refractivity contribution in [3.63, 3.8) is 0 Å². The third-order valence-electron chi connectivity index (χ3n) is 7.16. The Morgan fingerprint density at radius 3 is 2.22 bits per heavy atom. The monoisotopic (exact) mass is 312 g/mol. The molecule has 1 heterocycles. The van der Waals surface area contributed by atoms with Gasteiger partial charge in [-0.15, -0.1) is 0 Å². The maximum Gasteiger partial charge on any atom is 0.241 e. The minimum absolute atomic E-state index is 0.00219. The molecule has 7 rings (SSSR count). The van der Waals surface area contributed by atoms with Gasteiger partial charge in [0.2, 0.25) is 5.91 Å². The second-order valence-corrected chi connectivity index (χ2v) is 8.01. The number of alkyl halides is 1. The van der Waals surface area contributed by atoms with Gasteiger partial charge in [0.05, 0.1) is 23.0 Å². The molecule has 2 bridgehead atoms.